The number of hydrogen-bond donors (Lipinski definition) is 2. The normalized spacial score (nSPS) is 11.1. The Morgan fingerprint density at radius 1 is 1.19 bits per heavy atom. The van der Waals surface area contributed by atoms with Crippen molar-refractivity contribution in [2.45, 2.75) is 0 Å². The summed E-state index contributed by atoms with van der Waals surface area (Å²) in [5.74, 6) is -0.179. The zero-order valence-corrected chi connectivity index (χ0v) is 15.4. The highest BCUT2D eigenvalue weighted by Gasteiger charge is 2.17. The van der Waals surface area contributed by atoms with Crippen molar-refractivity contribution in [1.29, 1.82) is 0 Å². The number of aromatic hydroxyl groups is 1. The number of nitrogens with one attached hydrogen (secondary N) is 1. The summed E-state index contributed by atoms with van der Waals surface area (Å²) in [4.78, 5) is 17.1. The summed E-state index contributed by atoms with van der Waals surface area (Å²) in [5, 5.41) is 19.1. The Hall–Kier alpha value is -3.32. The minimum atomic E-state index is -0.482. The lowest BCUT2D eigenvalue weighted by Gasteiger charge is -2.14. The molecule has 2 aromatic heterocycles. The van der Waals surface area contributed by atoms with Crippen LogP contribution in [0.1, 0.15) is 0 Å². The van der Waals surface area contributed by atoms with Crippen LogP contribution in [-0.4, -0.2) is 39.2 Å². The average Bonchev–Trinajstić information content (AvgIpc) is 3.15. The molecule has 0 fully saturated rings. The molecule has 0 aliphatic rings. The van der Waals surface area contributed by atoms with Gasteiger partial charge in [0.25, 0.3) is 5.56 Å². The van der Waals surface area contributed by atoms with E-state index in [1.165, 1.54) is 17.1 Å². The lowest BCUT2D eigenvalue weighted by molar-refractivity contribution is 0.474. The van der Waals surface area contributed by atoms with Crippen LogP contribution in [0.3, 0.4) is 0 Å². The number of hydrogen-bond acceptors (Lipinski definition) is 5. The molecule has 0 aliphatic heterocycles. The van der Waals surface area contributed by atoms with Gasteiger partial charge in [-0.3, -0.25) is 4.79 Å². The lowest BCUT2D eigenvalue weighted by atomic mass is 10.0. The molecule has 0 unspecified atom stereocenters. The van der Waals surface area contributed by atoms with Gasteiger partial charge in [-0.25, -0.2) is 4.68 Å². The summed E-state index contributed by atoms with van der Waals surface area (Å²) >= 11 is 6.44. The predicted octanol–water partition coefficient (Wildman–Crippen LogP) is 3.20. The number of anilines is 1. The molecule has 0 saturated heterocycles. The molecule has 2 N–H and O–H groups in total. The Morgan fingerprint density at radius 3 is 2.56 bits per heavy atom. The van der Waals surface area contributed by atoms with Crippen molar-refractivity contribution in [3.63, 3.8) is 0 Å². The molecule has 0 bridgehead atoms. The Morgan fingerprint density at radius 2 is 1.93 bits per heavy atom. The third-order valence-corrected chi connectivity index (χ3v) is 4.71. The molecule has 4 aromatic rings. The van der Waals surface area contributed by atoms with Gasteiger partial charge in [-0.2, -0.15) is 0 Å². The average molecular weight is 382 g/mol. The molecule has 27 heavy (non-hydrogen) atoms. The lowest BCUT2D eigenvalue weighted by Crippen LogP contribution is -2.15. The van der Waals surface area contributed by atoms with Crippen LogP contribution < -0.4 is 10.5 Å². The van der Waals surface area contributed by atoms with Gasteiger partial charge in [0.2, 0.25) is 0 Å². The molecule has 7 nitrogen and oxygen atoms in total. The fourth-order valence-corrected chi connectivity index (χ4v) is 3.26. The molecule has 2 aromatic carbocycles. The molecule has 0 amide bonds. The molecular formula is C19H16ClN5O2. The first-order valence-electron chi connectivity index (χ1n) is 8.18. The zero-order valence-electron chi connectivity index (χ0n) is 14.6. The van der Waals surface area contributed by atoms with E-state index in [1.807, 2.05) is 43.3 Å². The third kappa shape index (κ3) is 2.92. The Balaban J connectivity index is 1.93. The van der Waals surface area contributed by atoms with Crippen molar-refractivity contribution in [2.75, 3.05) is 19.0 Å². The van der Waals surface area contributed by atoms with Crippen LogP contribution in [0.2, 0.25) is 5.02 Å². The molecule has 136 valence electrons. The van der Waals surface area contributed by atoms with Crippen LogP contribution >= 0.6 is 11.6 Å². The number of pyridine rings is 1. The summed E-state index contributed by atoms with van der Waals surface area (Å²) in [5.41, 5.74) is 2.69. The molecule has 0 atom stereocenters. The molecule has 8 heteroatoms. The zero-order chi connectivity index (χ0) is 19.1. The van der Waals surface area contributed by atoms with Gasteiger partial charge >= 0.3 is 0 Å². The number of rotatable bonds is 3. The quantitative estimate of drug-likeness (QED) is 0.569. The molecule has 0 saturated carbocycles. The minimum absolute atomic E-state index is 0.0104. The number of aromatic nitrogens is 4. The van der Waals surface area contributed by atoms with Crippen molar-refractivity contribution in [3.8, 4) is 22.6 Å². The fourth-order valence-electron chi connectivity index (χ4n) is 2.99. The molecule has 2 heterocycles. The van der Waals surface area contributed by atoms with Gasteiger partial charge < -0.3 is 15.0 Å². The summed E-state index contributed by atoms with van der Waals surface area (Å²) < 4.78 is 1.23. The molecule has 0 radical (unpaired) electrons. The summed E-state index contributed by atoms with van der Waals surface area (Å²) in [6, 6.07) is 11.3. The van der Waals surface area contributed by atoms with Gasteiger partial charge in [-0.1, -0.05) is 28.9 Å². The highest BCUT2D eigenvalue weighted by atomic mass is 35.5. The first kappa shape index (κ1) is 17.1. The number of fused-ring (bicyclic) bond motifs is 1. The first-order chi connectivity index (χ1) is 13.0. The van der Waals surface area contributed by atoms with E-state index in [0.717, 1.165) is 16.8 Å². The van der Waals surface area contributed by atoms with Crippen LogP contribution in [0.15, 0.2) is 53.6 Å². The monoisotopic (exact) mass is 381 g/mol. The van der Waals surface area contributed by atoms with Gasteiger partial charge in [0, 0.05) is 30.7 Å². The van der Waals surface area contributed by atoms with Crippen molar-refractivity contribution < 1.29 is 5.11 Å². The number of nitrogens with zero attached hydrogens (tertiary/aromatic N) is 4. The van der Waals surface area contributed by atoms with Gasteiger partial charge in [0.05, 0.1) is 22.9 Å². The van der Waals surface area contributed by atoms with Crippen LogP contribution in [0, 0.1) is 0 Å². The summed E-state index contributed by atoms with van der Waals surface area (Å²) in [6.45, 7) is 0. The second-order valence-corrected chi connectivity index (χ2v) is 6.73. The van der Waals surface area contributed by atoms with E-state index in [9.17, 15) is 9.90 Å². The smallest absolute Gasteiger partial charge is 0.278 e. The van der Waals surface area contributed by atoms with Crippen molar-refractivity contribution in [3.05, 3.63) is 64.2 Å². The van der Waals surface area contributed by atoms with Crippen molar-refractivity contribution >= 4 is 28.2 Å². The first-order valence-corrected chi connectivity index (χ1v) is 8.56. The fraction of sp³-hybridized carbons (Fsp3) is 0.105. The second-order valence-electron chi connectivity index (χ2n) is 6.32. The Bertz CT molecular complexity index is 1180. The van der Waals surface area contributed by atoms with Crippen LogP contribution in [-0.2, 0) is 0 Å². The van der Waals surface area contributed by atoms with E-state index >= 15 is 0 Å². The van der Waals surface area contributed by atoms with Crippen LogP contribution in [0.5, 0.6) is 5.75 Å². The summed E-state index contributed by atoms with van der Waals surface area (Å²) in [7, 11) is 3.94. The number of aromatic amines is 1. The van der Waals surface area contributed by atoms with Gasteiger partial charge in [0.15, 0.2) is 11.4 Å². The molecule has 0 aliphatic carbocycles. The highest BCUT2D eigenvalue weighted by Crippen LogP contribution is 2.36. The number of H-pyrrole nitrogens is 1. The highest BCUT2D eigenvalue weighted by molar-refractivity contribution is 6.34. The van der Waals surface area contributed by atoms with E-state index in [1.54, 1.807) is 12.1 Å². The Labute approximate surface area is 159 Å². The van der Waals surface area contributed by atoms with E-state index in [4.69, 9.17) is 11.6 Å². The maximum Gasteiger partial charge on any atom is 0.278 e. The van der Waals surface area contributed by atoms with Crippen molar-refractivity contribution in [2.24, 2.45) is 0 Å². The summed E-state index contributed by atoms with van der Waals surface area (Å²) in [6.07, 6.45) is 2.93. The molecular weight excluding hydrogens is 366 g/mol. The van der Waals surface area contributed by atoms with Gasteiger partial charge in [0.1, 0.15) is 0 Å². The predicted molar refractivity (Wildman–Crippen MR) is 106 cm³/mol. The third-order valence-electron chi connectivity index (χ3n) is 4.40. The van der Waals surface area contributed by atoms with Gasteiger partial charge in [-0.15, -0.1) is 5.10 Å². The standard InChI is InChI=1S/C19H16ClN5O2/c1-24(2)12-5-3-11(4-6-12)13-9-14-16(10-15(13)20)22-19(27)17(18(14)26)25-8-7-21-23-25/h3-10H,1-2H3,(H2,22,26,27). The number of benzene rings is 2. The van der Waals surface area contributed by atoms with E-state index in [-0.39, 0.29) is 11.4 Å². The largest absolute Gasteiger partial charge is 0.505 e. The maximum absolute atomic E-state index is 12.4. The van der Waals surface area contributed by atoms with Crippen LogP contribution in [0.25, 0.3) is 27.7 Å². The topological polar surface area (TPSA) is 87.0 Å². The van der Waals surface area contributed by atoms with Crippen LogP contribution in [0.4, 0.5) is 5.69 Å². The number of halogens is 1. The SMILES string of the molecule is CN(C)c1ccc(-c2cc3c(O)c(-n4ccnn4)c(=O)[nH]c3cc2Cl)cc1. The van der Waals surface area contributed by atoms with Crippen molar-refractivity contribution in [1.82, 2.24) is 20.0 Å². The molecule has 0 spiro atoms. The van der Waals surface area contributed by atoms with E-state index < -0.39 is 5.56 Å². The second kappa shape index (κ2) is 6.44. The van der Waals surface area contributed by atoms with Gasteiger partial charge in [-0.05, 0) is 29.8 Å². The maximum atomic E-state index is 12.4. The Kier molecular flexibility index (Phi) is 4.08. The molecule has 4 rings (SSSR count). The van der Waals surface area contributed by atoms with E-state index in [0.29, 0.717) is 15.9 Å². The minimum Gasteiger partial charge on any atom is -0.505 e. The van der Waals surface area contributed by atoms with E-state index in [2.05, 4.69) is 15.3 Å².